The van der Waals surface area contributed by atoms with Crippen molar-refractivity contribution in [2.75, 3.05) is 13.2 Å². The molecule has 0 aliphatic carbocycles. The summed E-state index contributed by atoms with van der Waals surface area (Å²) in [5.41, 5.74) is -6.76. The Kier molecular flexibility index (Phi) is 8.55. The lowest BCUT2D eigenvalue weighted by Gasteiger charge is -2.51. The fraction of sp³-hybridized carbons (Fsp3) is 0.800. The first-order valence-electron chi connectivity index (χ1n) is 10.5. The molecule has 7 N–H and O–H groups in total. The minimum atomic E-state index is -3.50. The number of Topliss-reactive ketones (excluding diaryl/α,β-unsaturated/α-hetero) is 3. The van der Waals surface area contributed by atoms with Crippen molar-refractivity contribution in [2.45, 2.75) is 87.6 Å². The van der Waals surface area contributed by atoms with Crippen molar-refractivity contribution in [3.05, 3.63) is 0 Å². The Bertz CT molecular complexity index is 843. The van der Waals surface area contributed by atoms with Gasteiger partial charge in [0.1, 0.15) is 36.6 Å². The molecular weight excluding hydrogens is 480 g/mol. The molecule has 0 bridgehead atoms. The lowest BCUT2D eigenvalue weighted by Crippen LogP contribution is -2.79. The number of hydrogen-bond donors (Lipinski definition) is 7. The van der Waals surface area contributed by atoms with Crippen LogP contribution in [-0.4, -0.2) is 132 Å². The van der Waals surface area contributed by atoms with Crippen LogP contribution in [0.4, 0.5) is 0 Å². The van der Waals surface area contributed by atoms with Crippen molar-refractivity contribution < 1.29 is 73.9 Å². The average molecular weight is 510 g/mol. The Morgan fingerprint density at radius 3 is 1.77 bits per heavy atom. The molecular formula is C20H30O15. The van der Waals surface area contributed by atoms with Gasteiger partial charge in [-0.1, -0.05) is 0 Å². The van der Waals surface area contributed by atoms with Crippen LogP contribution in [-0.2, 0) is 38.1 Å². The first kappa shape index (κ1) is 29.3. The van der Waals surface area contributed by atoms with E-state index in [0.29, 0.717) is 20.8 Å². The second-order valence-electron chi connectivity index (χ2n) is 8.43. The van der Waals surface area contributed by atoms with Gasteiger partial charge in [-0.25, -0.2) is 0 Å². The Hall–Kier alpha value is -1.92. The zero-order valence-electron chi connectivity index (χ0n) is 19.4. The number of carbonyl (C=O) groups is 4. The van der Waals surface area contributed by atoms with Gasteiger partial charge < -0.3 is 54.7 Å². The smallest absolute Gasteiger partial charge is 0.304 e. The van der Waals surface area contributed by atoms with E-state index in [1.54, 1.807) is 0 Å². The maximum absolute atomic E-state index is 12.9. The van der Waals surface area contributed by atoms with Gasteiger partial charge in [-0.3, -0.25) is 19.2 Å². The zero-order valence-corrected chi connectivity index (χ0v) is 19.4. The molecule has 0 radical (unpaired) electrons. The quantitative estimate of drug-likeness (QED) is 0.113. The SMILES string of the molecule is CC(=O)OC(C(C)=O)(C(C)=O)[C@@]1(O[C@H]2O[C@H](CO)[C@@H](O)[C@H](O)[C@H]2O)O[C@H](CO)[C@@H](O)[C@@]1(O)C(C)=O. The number of ketones is 3. The van der Waals surface area contributed by atoms with Crippen molar-refractivity contribution in [1.82, 2.24) is 0 Å². The summed E-state index contributed by atoms with van der Waals surface area (Å²) in [7, 11) is 0. The fourth-order valence-corrected chi connectivity index (χ4v) is 4.43. The van der Waals surface area contributed by atoms with Crippen molar-refractivity contribution in [3.63, 3.8) is 0 Å². The molecule has 0 saturated carbocycles. The monoisotopic (exact) mass is 510 g/mol. The number of rotatable bonds is 9. The summed E-state index contributed by atoms with van der Waals surface area (Å²) < 4.78 is 21.2. The third-order valence-electron chi connectivity index (χ3n) is 6.20. The first-order valence-corrected chi connectivity index (χ1v) is 10.5. The third-order valence-corrected chi connectivity index (χ3v) is 6.20. The summed E-state index contributed by atoms with van der Waals surface area (Å²) in [4.78, 5) is 50.7. The van der Waals surface area contributed by atoms with Crippen LogP contribution in [0.5, 0.6) is 0 Å². The minimum absolute atomic E-state index is 0.705. The molecule has 15 heteroatoms. The van der Waals surface area contributed by atoms with E-state index in [0.717, 1.165) is 6.92 Å². The lowest BCUT2D eigenvalue weighted by atomic mass is 9.71. The number of ether oxygens (including phenoxy) is 4. The van der Waals surface area contributed by atoms with Gasteiger partial charge in [0.2, 0.25) is 5.60 Å². The Morgan fingerprint density at radius 2 is 1.37 bits per heavy atom. The summed E-state index contributed by atoms with van der Waals surface area (Å²) in [6.45, 7) is 0.853. The largest absolute Gasteiger partial charge is 0.437 e. The number of hydrogen-bond acceptors (Lipinski definition) is 15. The molecule has 2 fully saturated rings. The van der Waals surface area contributed by atoms with Crippen LogP contribution < -0.4 is 0 Å². The van der Waals surface area contributed by atoms with Gasteiger partial charge in [-0.2, -0.15) is 0 Å². The van der Waals surface area contributed by atoms with Crippen LogP contribution in [0.3, 0.4) is 0 Å². The van der Waals surface area contributed by atoms with Crippen LogP contribution in [0.25, 0.3) is 0 Å². The highest BCUT2D eigenvalue weighted by Crippen LogP contribution is 2.52. The van der Waals surface area contributed by atoms with E-state index in [1.807, 2.05) is 0 Å². The minimum Gasteiger partial charge on any atom is -0.437 e. The van der Waals surface area contributed by atoms with Crippen LogP contribution in [0.15, 0.2) is 0 Å². The Morgan fingerprint density at radius 1 is 0.857 bits per heavy atom. The highest BCUT2D eigenvalue weighted by Gasteiger charge is 2.82. The Balaban J connectivity index is 2.91. The predicted molar refractivity (Wildman–Crippen MR) is 107 cm³/mol. The Labute approximate surface area is 198 Å². The molecule has 0 unspecified atom stereocenters. The van der Waals surface area contributed by atoms with Gasteiger partial charge in [-0.15, -0.1) is 0 Å². The predicted octanol–water partition coefficient (Wildman–Crippen LogP) is -4.95. The average Bonchev–Trinajstić information content (AvgIpc) is 3.00. The summed E-state index contributed by atoms with van der Waals surface area (Å²) in [6.07, 6.45) is -14.3. The molecule has 0 aromatic rings. The maximum atomic E-state index is 12.9. The standard InChI is InChI=1S/C20H30O15/c1-7(23)18(31)16(30)12(6-22)34-20(18,19(8(2)24,9(3)25)33-10(4)26)35-17-15(29)14(28)13(27)11(5-21)32-17/h11-17,21-22,27-31H,5-6H2,1-4H3/t11-,12-,13-,14+,15-,16-,17-,18+,20-/m1/s1. The topological polar surface area (TPSA) is 247 Å². The third kappa shape index (κ3) is 4.21. The van der Waals surface area contributed by atoms with Crippen LogP contribution >= 0.6 is 0 Å². The van der Waals surface area contributed by atoms with Gasteiger partial charge in [-0.05, 0) is 20.8 Å². The fourth-order valence-electron chi connectivity index (χ4n) is 4.43. The molecule has 2 heterocycles. The molecule has 2 aliphatic heterocycles. The number of carbonyl (C=O) groups excluding carboxylic acids is 4. The van der Waals surface area contributed by atoms with E-state index in [4.69, 9.17) is 18.9 Å². The molecule has 0 spiro atoms. The molecule has 200 valence electrons. The molecule has 2 aliphatic rings. The van der Waals surface area contributed by atoms with E-state index >= 15 is 0 Å². The van der Waals surface area contributed by atoms with Gasteiger partial charge in [0, 0.05) is 6.92 Å². The number of aliphatic hydroxyl groups is 7. The highest BCUT2D eigenvalue weighted by molar-refractivity contribution is 6.12. The normalized spacial score (nSPS) is 39.8. The van der Waals surface area contributed by atoms with E-state index in [-0.39, 0.29) is 0 Å². The van der Waals surface area contributed by atoms with Gasteiger partial charge >= 0.3 is 5.97 Å². The lowest BCUT2D eigenvalue weighted by molar-refractivity contribution is -0.410. The summed E-state index contributed by atoms with van der Waals surface area (Å²) in [5.74, 6) is -8.92. The van der Waals surface area contributed by atoms with Crippen LogP contribution in [0.2, 0.25) is 0 Å². The highest BCUT2D eigenvalue weighted by atomic mass is 16.8. The molecule has 0 aromatic heterocycles. The first-order chi connectivity index (χ1) is 16.1. The van der Waals surface area contributed by atoms with E-state index < -0.39 is 96.4 Å². The van der Waals surface area contributed by atoms with Gasteiger partial charge in [0.05, 0.1) is 13.2 Å². The second-order valence-corrected chi connectivity index (χ2v) is 8.43. The molecule has 35 heavy (non-hydrogen) atoms. The van der Waals surface area contributed by atoms with Gasteiger partial charge in [0.15, 0.2) is 23.6 Å². The second kappa shape index (κ2) is 10.2. The van der Waals surface area contributed by atoms with Gasteiger partial charge in [0.25, 0.3) is 11.4 Å². The van der Waals surface area contributed by atoms with Crippen molar-refractivity contribution in [3.8, 4) is 0 Å². The zero-order chi connectivity index (χ0) is 27.1. The van der Waals surface area contributed by atoms with Crippen LogP contribution in [0.1, 0.15) is 27.7 Å². The molecule has 9 atom stereocenters. The molecule has 2 saturated heterocycles. The summed E-state index contributed by atoms with van der Waals surface area (Å²) >= 11 is 0. The molecule has 0 amide bonds. The summed E-state index contributed by atoms with van der Waals surface area (Å²) in [5, 5.41) is 72.0. The summed E-state index contributed by atoms with van der Waals surface area (Å²) in [6, 6.07) is 0. The van der Waals surface area contributed by atoms with Crippen LogP contribution in [0, 0.1) is 0 Å². The number of esters is 1. The van der Waals surface area contributed by atoms with E-state index in [2.05, 4.69) is 0 Å². The molecule has 15 nitrogen and oxygen atoms in total. The number of aliphatic hydroxyl groups excluding tert-OH is 6. The van der Waals surface area contributed by atoms with E-state index in [9.17, 15) is 54.9 Å². The maximum Gasteiger partial charge on any atom is 0.304 e. The van der Waals surface area contributed by atoms with Crippen molar-refractivity contribution >= 4 is 23.3 Å². The molecule has 2 rings (SSSR count). The van der Waals surface area contributed by atoms with Crippen molar-refractivity contribution in [1.29, 1.82) is 0 Å². The van der Waals surface area contributed by atoms with E-state index in [1.165, 1.54) is 0 Å². The molecule has 0 aromatic carbocycles. The van der Waals surface area contributed by atoms with Crippen molar-refractivity contribution in [2.24, 2.45) is 0 Å².